The summed E-state index contributed by atoms with van der Waals surface area (Å²) in [6.07, 6.45) is 3.33. The molecule has 2 N–H and O–H groups in total. The maximum Gasteiger partial charge on any atom is 0.241 e. The normalized spacial score (nSPS) is 15.3. The summed E-state index contributed by atoms with van der Waals surface area (Å²) in [4.78, 5) is 18.7. The Morgan fingerprint density at radius 1 is 1.16 bits per heavy atom. The number of amides is 1. The summed E-state index contributed by atoms with van der Waals surface area (Å²) < 4.78 is 22.9. The average molecular weight is 366 g/mol. The van der Waals surface area contributed by atoms with E-state index in [-0.39, 0.29) is 12.5 Å². The van der Waals surface area contributed by atoms with E-state index in [1.54, 1.807) is 24.3 Å². The molecule has 25 heavy (non-hydrogen) atoms. The van der Waals surface area contributed by atoms with Crippen LogP contribution in [0.4, 0.5) is 0 Å². The number of nitrogens with one attached hydrogen (secondary N) is 2. The van der Waals surface area contributed by atoms with Gasteiger partial charge in [-0.1, -0.05) is 12.1 Å². The van der Waals surface area contributed by atoms with Crippen molar-refractivity contribution in [3.05, 3.63) is 29.8 Å². The van der Waals surface area contributed by atoms with Crippen molar-refractivity contribution in [2.24, 2.45) is 4.99 Å². The first-order valence-electron chi connectivity index (χ1n) is 8.49. The SMILES string of the molecule is CCNC(=NCc1ccc(S(C)(=O)=O)cc1)NCC(=O)N1CCCC1. The Morgan fingerprint density at radius 2 is 1.80 bits per heavy atom. The van der Waals surface area contributed by atoms with Crippen molar-refractivity contribution in [3.8, 4) is 0 Å². The molecule has 0 spiro atoms. The molecule has 7 nitrogen and oxygen atoms in total. The average Bonchev–Trinajstić information content (AvgIpc) is 3.11. The Morgan fingerprint density at radius 3 is 2.36 bits per heavy atom. The first kappa shape index (κ1) is 19.2. The number of carbonyl (C=O) groups is 1. The predicted molar refractivity (Wildman–Crippen MR) is 98.2 cm³/mol. The summed E-state index contributed by atoms with van der Waals surface area (Å²) in [5, 5.41) is 6.16. The third-order valence-electron chi connectivity index (χ3n) is 3.98. The Kier molecular flexibility index (Phi) is 6.81. The second kappa shape index (κ2) is 8.84. The molecule has 1 aromatic rings. The molecule has 0 aromatic heterocycles. The van der Waals surface area contributed by atoms with Crippen LogP contribution in [0.1, 0.15) is 25.3 Å². The molecule has 2 rings (SSSR count). The van der Waals surface area contributed by atoms with Crippen molar-refractivity contribution >= 4 is 21.7 Å². The summed E-state index contributed by atoms with van der Waals surface area (Å²) in [5.41, 5.74) is 0.899. The Bertz CT molecular complexity index is 708. The second-order valence-corrected chi connectivity index (χ2v) is 8.07. The van der Waals surface area contributed by atoms with Crippen molar-refractivity contribution in [2.45, 2.75) is 31.2 Å². The zero-order valence-corrected chi connectivity index (χ0v) is 15.6. The minimum Gasteiger partial charge on any atom is -0.357 e. The minimum atomic E-state index is -3.19. The molecule has 0 unspecified atom stereocenters. The Labute approximate surface area is 149 Å². The number of benzene rings is 1. The van der Waals surface area contributed by atoms with Crippen molar-refractivity contribution in [1.82, 2.24) is 15.5 Å². The molecule has 0 atom stereocenters. The van der Waals surface area contributed by atoms with Gasteiger partial charge in [-0.3, -0.25) is 4.79 Å². The number of carbonyl (C=O) groups excluding carboxylic acids is 1. The van der Waals surface area contributed by atoms with Crippen LogP contribution in [0.5, 0.6) is 0 Å². The second-order valence-electron chi connectivity index (χ2n) is 6.05. The van der Waals surface area contributed by atoms with Crippen LogP contribution in [0, 0.1) is 0 Å². The van der Waals surface area contributed by atoms with Gasteiger partial charge in [0.2, 0.25) is 5.91 Å². The van der Waals surface area contributed by atoms with E-state index < -0.39 is 9.84 Å². The van der Waals surface area contributed by atoms with Gasteiger partial charge in [-0.15, -0.1) is 0 Å². The third kappa shape index (κ3) is 6.04. The van der Waals surface area contributed by atoms with E-state index in [1.165, 1.54) is 6.26 Å². The number of sulfone groups is 1. The highest BCUT2D eigenvalue weighted by atomic mass is 32.2. The summed E-state index contributed by atoms with van der Waals surface area (Å²) in [7, 11) is -3.19. The van der Waals surface area contributed by atoms with Gasteiger partial charge in [-0.05, 0) is 37.5 Å². The van der Waals surface area contributed by atoms with Gasteiger partial charge < -0.3 is 15.5 Å². The number of guanidine groups is 1. The van der Waals surface area contributed by atoms with E-state index in [2.05, 4.69) is 15.6 Å². The molecule has 1 aromatic carbocycles. The Balaban J connectivity index is 1.93. The van der Waals surface area contributed by atoms with Crippen LogP contribution in [0.3, 0.4) is 0 Å². The highest BCUT2D eigenvalue weighted by Crippen LogP contribution is 2.11. The van der Waals surface area contributed by atoms with Crippen LogP contribution in [0.25, 0.3) is 0 Å². The van der Waals surface area contributed by atoms with Gasteiger partial charge in [0.05, 0.1) is 18.0 Å². The lowest BCUT2D eigenvalue weighted by molar-refractivity contribution is -0.128. The fourth-order valence-electron chi connectivity index (χ4n) is 2.59. The van der Waals surface area contributed by atoms with Crippen LogP contribution >= 0.6 is 0 Å². The lowest BCUT2D eigenvalue weighted by atomic mass is 10.2. The van der Waals surface area contributed by atoms with Crippen LogP contribution < -0.4 is 10.6 Å². The van der Waals surface area contributed by atoms with E-state index in [4.69, 9.17) is 0 Å². The summed E-state index contributed by atoms with van der Waals surface area (Å²) in [6, 6.07) is 6.66. The van der Waals surface area contributed by atoms with Gasteiger partial charge in [0, 0.05) is 25.9 Å². The van der Waals surface area contributed by atoms with E-state index in [0.29, 0.717) is 23.9 Å². The first-order valence-corrected chi connectivity index (χ1v) is 10.4. The molecule has 1 aliphatic rings. The van der Waals surface area contributed by atoms with Crippen molar-refractivity contribution in [3.63, 3.8) is 0 Å². The van der Waals surface area contributed by atoms with Crippen LogP contribution in [0.15, 0.2) is 34.2 Å². The quantitative estimate of drug-likeness (QED) is 0.573. The molecule has 0 aliphatic carbocycles. The molecule has 8 heteroatoms. The number of hydrogen-bond donors (Lipinski definition) is 2. The van der Waals surface area contributed by atoms with Gasteiger partial charge >= 0.3 is 0 Å². The van der Waals surface area contributed by atoms with Gasteiger partial charge in [-0.25, -0.2) is 13.4 Å². The monoisotopic (exact) mass is 366 g/mol. The first-order chi connectivity index (χ1) is 11.9. The summed E-state index contributed by atoms with van der Waals surface area (Å²) in [5.74, 6) is 0.655. The number of hydrogen-bond acceptors (Lipinski definition) is 4. The van der Waals surface area contributed by atoms with Crippen molar-refractivity contribution < 1.29 is 13.2 Å². The fraction of sp³-hybridized carbons (Fsp3) is 0.529. The molecule has 0 radical (unpaired) electrons. The molecule has 1 amide bonds. The highest BCUT2D eigenvalue weighted by molar-refractivity contribution is 7.90. The van der Waals surface area contributed by atoms with E-state index in [0.717, 1.165) is 31.5 Å². The predicted octanol–water partition coefficient (Wildman–Crippen LogP) is 0.768. The zero-order chi connectivity index (χ0) is 18.3. The van der Waals surface area contributed by atoms with E-state index in [9.17, 15) is 13.2 Å². The summed E-state index contributed by atoms with van der Waals surface area (Å²) in [6.45, 7) is 4.94. The molecule has 1 aliphatic heterocycles. The maximum atomic E-state index is 12.1. The van der Waals surface area contributed by atoms with Crippen molar-refractivity contribution in [1.29, 1.82) is 0 Å². The molecule has 0 saturated carbocycles. The molecular formula is C17H26N4O3S. The number of rotatable bonds is 6. The van der Waals surface area contributed by atoms with Crippen LogP contribution in [0.2, 0.25) is 0 Å². The molecule has 138 valence electrons. The van der Waals surface area contributed by atoms with Crippen LogP contribution in [-0.4, -0.2) is 57.6 Å². The van der Waals surface area contributed by atoms with Crippen molar-refractivity contribution in [2.75, 3.05) is 32.4 Å². The topological polar surface area (TPSA) is 90.9 Å². The lowest BCUT2D eigenvalue weighted by Gasteiger charge is -2.17. The smallest absolute Gasteiger partial charge is 0.241 e. The molecule has 1 saturated heterocycles. The molecular weight excluding hydrogens is 340 g/mol. The standard InChI is InChI=1S/C17H26N4O3S/c1-3-18-17(20-13-16(22)21-10-4-5-11-21)19-12-14-6-8-15(9-7-14)25(2,23)24/h6-9H,3-5,10-13H2,1-2H3,(H2,18,19,20). The van der Waals surface area contributed by atoms with Gasteiger partial charge in [0.15, 0.2) is 15.8 Å². The third-order valence-corrected chi connectivity index (χ3v) is 5.11. The largest absolute Gasteiger partial charge is 0.357 e. The molecule has 1 fully saturated rings. The minimum absolute atomic E-state index is 0.0839. The van der Waals surface area contributed by atoms with Gasteiger partial charge in [-0.2, -0.15) is 0 Å². The zero-order valence-electron chi connectivity index (χ0n) is 14.8. The highest BCUT2D eigenvalue weighted by Gasteiger charge is 2.17. The number of aliphatic imine (C=N–C) groups is 1. The van der Waals surface area contributed by atoms with Crippen LogP contribution in [-0.2, 0) is 21.2 Å². The van der Waals surface area contributed by atoms with E-state index >= 15 is 0 Å². The van der Waals surface area contributed by atoms with Gasteiger partial charge in [0.25, 0.3) is 0 Å². The van der Waals surface area contributed by atoms with Gasteiger partial charge in [0.1, 0.15) is 0 Å². The lowest BCUT2D eigenvalue weighted by Crippen LogP contribution is -2.44. The molecule has 1 heterocycles. The molecule has 0 bridgehead atoms. The fourth-order valence-corrected chi connectivity index (χ4v) is 3.22. The van der Waals surface area contributed by atoms with E-state index in [1.807, 2.05) is 11.8 Å². The number of nitrogens with zero attached hydrogens (tertiary/aromatic N) is 2. The number of likely N-dealkylation sites (tertiary alicyclic amines) is 1. The maximum absolute atomic E-state index is 12.1. The summed E-state index contributed by atoms with van der Waals surface area (Å²) >= 11 is 0. The Hall–Kier alpha value is -2.09.